The van der Waals surface area contributed by atoms with Crippen molar-refractivity contribution >= 4 is 17.5 Å². The molecule has 0 bridgehead atoms. The number of rotatable bonds is 1. The molecule has 2 amide bonds. The summed E-state index contributed by atoms with van der Waals surface area (Å²) in [6, 6.07) is 7.91. The second-order valence-electron chi connectivity index (χ2n) is 5.77. The van der Waals surface area contributed by atoms with E-state index in [1.54, 1.807) is 0 Å². The van der Waals surface area contributed by atoms with Crippen molar-refractivity contribution in [2.75, 3.05) is 11.9 Å². The Labute approximate surface area is 119 Å². The molecular formula is C16H20N2O2. The van der Waals surface area contributed by atoms with Gasteiger partial charge in [-0.3, -0.25) is 9.59 Å². The van der Waals surface area contributed by atoms with Crippen LogP contribution in [0.3, 0.4) is 0 Å². The third-order valence-electron chi connectivity index (χ3n) is 4.38. The molecule has 2 aliphatic heterocycles. The lowest BCUT2D eigenvalue weighted by atomic mass is 9.88. The molecule has 2 heterocycles. The highest BCUT2D eigenvalue weighted by atomic mass is 16.2. The second-order valence-corrected chi connectivity index (χ2v) is 5.77. The van der Waals surface area contributed by atoms with Crippen LogP contribution >= 0.6 is 0 Å². The number of piperidine rings is 1. The Bertz CT molecular complexity index is 541. The first-order chi connectivity index (χ1) is 9.66. The molecule has 0 aliphatic carbocycles. The fourth-order valence-electron chi connectivity index (χ4n) is 3.26. The fraction of sp³-hybridized carbons (Fsp3) is 0.500. The summed E-state index contributed by atoms with van der Waals surface area (Å²) in [6.07, 6.45) is 3.58. The van der Waals surface area contributed by atoms with Crippen molar-refractivity contribution in [2.24, 2.45) is 0 Å². The molecule has 2 aliphatic rings. The molecule has 2 unspecified atom stereocenters. The molecule has 4 nitrogen and oxygen atoms in total. The SMILES string of the molecule is CC1CCCCN1C(=O)C1CC(=O)Nc2ccccc21. The maximum absolute atomic E-state index is 12.8. The van der Waals surface area contributed by atoms with Gasteiger partial charge in [0.05, 0.1) is 5.92 Å². The number of nitrogens with zero attached hydrogens (tertiary/aromatic N) is 1. The van der Waals surface area contributed by atoms with Gasteiger partial charge < -0.3 is 10.2 Å². The number of hydrogen-bond donors (Lipinski definition) is 1. The number of anilines is 1. The van der Waals surface area contributed by atoms with Gasteiger partial charge in [-0.05, 0) is 37.8 Å². The lowest BCUT2D eigenvalue weighted by molar-refractivity contribution is -0.137. The Morgan fingerprint density at radius 1 is 1.30 bits per heavy atom. The summed E-state index contributed by atoms with van der Waals surface area (Å²) in [6.45, 7) is 2.92. The molecule has 2 atom stereocenters. The van der Waals surface area contributed by atoms with E-state index < -0.39 is 0 Å². The molecule has 1 N–H and O–H groups in total. The summed E-state index contributed by atoms with van der Waals surface area (Å²) in [7, 11) is 0. The summed E-state index contributed by atoms with van der Waals surface area (Å²) in [5.41, 5.74) is 1.74. The predicted octanol–water partition coefficient (Wildman–Crippen LogP) is 2.51. The smallest absolute Gasteiger partial charge is 0.230 e. The highest BCUT2D eigenvalue weighted by Gasteiger charge is 2.35. The predicted molar refractivity (Wildman–Crippen MR) is 77.5 cm³/mol. The second kappa shape index (κ2) is 5.27. The Morgan fingerprint density at radius 3 is 2.90 bits per heavy atom. The minimum Gasteiger partial charge on any atom is -0.339 e. The van der Waals surface area contributed by atoms with Gasteiger partial charge in [-0.25, -0.2) is 0 Å². The molecule has 4 heteroatoms. The number of benzene rings is 1. The van der Waals surface area contributed by atoms with E-state index in [-0.39, 0.29) is 30.2 Å². The van der Waals surface area contributed by atoms with Crippen LogP contribution in [0.25, 0.3) is 0 Å². The maximum Gasteiger partial charge on any atom is 0.230 e. The molecular weight excluding hydrogens is 252 g/mol. The lowest BCUT2D eigenvalue weighted by Gasteiger charge is -2.37. The summed E-state index contributed by atoms with van der Waals surface area (Å²) in [5, 5.41) is 2.85. The lowest BCUT2D eigenvalue weighted by Crippen LogP contribution is -2.45. The molecule has 1 fully saturated rings. The van der Waals surface area contributed by atoms with Crippen LogP contribution in [0, 0.1) is 0 Å². The van der Waals surface area contributed by atoms with E-state index in [9.17, 15) is 9.59 Å². The monoisotopic (exact) mass is 272 g/mol. The summed E-state index contributed by atoms with van der Waals surface area (Å²) in [5.74, 6) is -0.272. The van der Waals surface area contributed by atoms with E-state index in [1.165, 1.54) is 6.42 Å². The molecule has 0 radical (unpaired) electrons. The molecule has 20 heavy (non-hydrogen) atoms. The van der Waals surface area contributed by atoms with Crippen LogP contribution in [-0.2, 0) is 9.59 Å². The van der Waals surface area contributed by atoms with Crippen LogP contribution in [0.4, 0.5) is 5.69 Å². The number of carbonyl (C=O) groups is 2. The van der Waals surface area contributed by atoms with Crippen molar-refractivity contribution < 1.29 is 9.59 Å². The summed E-state index contributed by atoms with van der Waals surface area (Å²) in [4.78, 5) is 26.6. The molecule has 106 valence electrons. The zero-order valence-corrected chi connectivity index (χ0v) is 11.8. The number of amides is 2. The molecule has 0 spiro atoms. The largest absolute Gasteiger partial charge is 0.339 e. The highest BCUT2D eigenvalue weighted by molar-refractivity contribution is 6.01. The van der Waals surface area contributed by atoms with Gasteiger partial charge in [0.2, 0.25) is 11.8 Å². The number of nitrogens with one attached hydrogen (secondary N) is 1. The van der Waals surface area contributed by atoms with Crippen molar-refractivity contribution in [1.82, 2.24) is 4.90 Å². The topological polar surface area (TPSA) is 49.4 Å². The molecule has 1 aromatic carbocycles. The summed E-state index contributed by atoms with van der Waals surface area (Å²) >= 11 is 0. The van der Waals surface area contributed by atoms with E-state index in [4.69, 9.17) is 0 Å². The fourth-order valence-corrected chi connectivity index (χ4v) is 3.26. The van der Waals surface area contributed by atoms with Crippen LogP contribution in [0.5, 0.6) is 0 Å². The van der Waals surface area contributed by atoms with E-state index >= 15 is 0 Å². The Kier molecular flexibility index (Phi) is 3.47. The molecule has 0 aromatic heterocycles. The van der Waals surface area contributed by atoms with Crippen LogP contribution in [-0.4, -0.2) is 29.3 Å². The normalized spacial score (nSPS) is 25.9. The quantitative estimate of drug-likeness (QED) is 0.854. The number of hydrogen-bond acceptors (Lipinski definition) is 2. The highest BCUT2D eigenvalue weighted by Crippen LogP contribution is 2.34. The van der Waals surface area contributed by atoms with Gasteiger partial charge in [0.15, 0.2) is 0 Å². The minimum absolute atomic E-state index is 0.0632. The number of likely N-dealkylation sites (tertiary alicyclic amines) is 1. The van der Waals surface area contributed by atoms with Gasteiger partial charge in [-0.15, -0.1) is 0 Å². The van der Waals surface area contributed by atoms with Gasteiger partial charge in [-0.2, -0.15) is 0 Å². The average Bonchev–Trinajstić information content (AvgIpc) is 2.46. The van der Waals surface area contributed by atoms with Crippen molar-refractivity contribution in [1.29, 1.82) is 0 Å². The van der Waals surface area contributed by atoms with Crippen LogP contribution in [0.1, 0.15) is 44.1 Å². The van der Waals surface area contributed by atoms with E-state index in [0.717, 1.165) is 30.6 Å². The van der Waals surface area contributed by atoms with Crippen molar-refractivity contribution in [3.63, 3.8) is 0 Å². The third-order valence-corrected chi connectivity index (χ3v) is 4.38. The Balaban J connectivity index is 1.89. The van der Waals surface area contributed by atoms with E-state index in [2.05, 4.69) is 12.2 Å². The zero-order chi connectivity index (χ0) is 14.1. The zero-order valence-electron chi connectivity index (χ0n) is 11.8. The molecule has 3 rings (SSSR count). The first-order valence-corrected chi connectivity index (χ1v) is 7.36. The Hall–Kier alpha value is -1.84. The van der Waals surface area contributed by atoms with Gasteiger partial charge in [0, 0.05) is 24.7 Å². The van der Waals surface area contributed by atoms with E-state index in [1.807, 2.05) is 29.2 Å². The summed E-state index contributed by atoms with van der Waals surface area (Å²) < 4.78 is 0. The molecule has 1 saturated heterocycles. The van der Waals surface area contributed by atoms with Gasteiger partial charge in [-0.1, -0.05) is 18.2 Å². The van der Waals surface area contributed by atoms with Crippen LogP contribution < -0.4 is 5.32 Å². The molecule has 0 saturated carbocycles. The van der Waals surface area contributed by atoms with Crippen molar-refractivity contribution in [3.05, 3.63) is 29.8 Å². The number of fused-ring (bicyclic) bond motifs is 1. The average molecular weight is 272 g/mol. The minimum atomic E-state index is -0.319. The standard InChI is InChI=1S/C16H20N2O2/c1-11-6-4-5-9-18(11)16(20)13-10-15(19)17-14-8-3-2-7-12(13)14/h2-3,7-8,11,13H,4-6,9-10H2,1H3,(H,17,19). The van der Waals surface area contributed by atoms with E-state index in [0.29, 0.717) is 0 Å². The Morgan fingerprint density at radius 2 is 2.10 bits per heavy atom. The third kappa shape index (κ3) is 2.30. The first kappa shape index (κ1) is 13.2. The maximum atomic E-state index is 12.8. The van der Waals surface area contributed by atoms with Crippen LogP contribution in [0.2, 0.25) is 0 Å². The number of carbonyl (C=O) groups excluding carboxylic acids is 2. The van der Waals surface area contributed by atoms with Gasteiger partial charge in [0.1, 0.15) is 0 Å². The molecule has 1 aromatic rings. The van der Waals surface area contributed by atoms with Gasteiger partial charge in [0.25, 0.3) is 0 Å². The first-order valence-electron chi connectivity index (χ1n) is 7.36. The van der Waals surface area contributed by atoms with Crippen molar-refractivity contribution in [2.45, 2.75) is 44.6 Å². The van der Waals surface area contributed by atoms with Crippen molar-refractivity contribution in [3.8, 4) is 0 Å². The van der Waals surface area contributed by atoms with Gasteiger partial charge >= 0.3 is 0 Å². The number of para-hydroxylation sites is 1. The van der Waals surface area contributed by atoms with Crippen LogP contribution in [0.15, 0.2) is 24.3 Å².